The van der Waals surface area contributed by atoms with Gasteiger partial charge in [-0.2, -0.15) is 0 Å². The Morgan fingerprint density at radius 1 is 0.818 bits per heavy atom. The average Bonchev–Trinajstić information content (AvgIpc) is 3.48. The summed E-state index contributed by atoms with van der Waals surface area (Å²) in [5, 5.41) is 0.756. The summed E-state index contributed by atoms with van der Waals surface area (Å²) >= 11 is 0. The second-order valence-corrected chi connectivity index (χ2v) is 10.8. The number of esters is 2. The number of imide groups is 2. The van der Waals surface area contributed by atoms with Crippen molar-refractivity contribution < 1.29 is 47.4 Å². The fourth-order valence-corrected chi connectivity index (χ4v) is 4.85. The van der Waals surface area contributed by atoms with E-state index in [1.54, 1.807) is 24.3 Å². The minimum atomic E-state index is -0.869. The number of hydrogen-bond donors (Lipinski definition) is 0. The zero-order chi connectivity index (χ0) is 31.9. The minimum Gasteiger partial charge on any atom is -0.493 e. The van der Waals surface area contributed by atoms with Crippen LogP contribution >= 0.6 is 0 Å². The molecule has 2 aliphatic heterocycles. The lowest BCUT2D eigenvalue weighted by Gasteiger charge is -2.34. The summed E-state index contributed by atoms with van der Waals surface area (Å²) in [4.78, 5) is 85.6. The molecule has 1 aromatic carbocycles. The summed E-state index contributed by atoms with van der Waals surface area (Å²) in [6, 6.07) is 8.17. The summed E-state index contributed by atoms with van der Waals surface area (Å²) in [6.45, 7) is 2.60. The first kappa shape index (κ1) is 31.9. The molecule has 4 amide bonds. The van der Waals surface area contributed by atoms with Crippen molar-refractivity contribution in [2.75, 3.05) is 32.9 Å². The van der Waals surface area contributed by atoms with E-state index in [1.807, 2.05) is 13.8 Å². The van der Waals surface area contributed by atoms with Crippen molar-refractivity contribution in [3.8, 4) is 5.75 Å². The quantitative estimate of drug-likeness (QED) is 0.165. The van der Waals surface area contributed by atoms with Crippen LogP contribution in [0.25, 0.3) is 11.0 Å². The molecule has 1 aromatic heterocycles. The highest BCUT2D eigenvalue weighted by Gasteiger charge is 2.36. The number of fused-ring (bicyclic) bond motifs is 1. The van der Waals surface area contributed by atoms with Crippen molar-refractivity contribution in [3.63, 3.8) is 0 Å². The Morgan fingerprint density at radius 2 is 1.34 bits per heavy atom. The molecule has 13 heteroatoms. The van der Waals surface area contributed by atoms with E-state index in [-0.39, 0.29) is 19.1 Å². The lowest BCUT2D eigenvalue weighted by Crippen LogP contribution is -2.41. The number of hydrogen-bond acceptors (Lipinski definition) is 11. The predicted molar refractivity (Wildman–Crippen MR) is 153 cm³/mol. The van der Waals surface area contributed by atoms with Gasteiger partial charge in [-0.15, -0.1) is 0 Å². The molecule has 0 fully saturated rings. The van der Waals surface area contributed by atoms with E-state index in [1.165, 1.54) is 6.07 Å². The van der Waals surface area contributed by atoms with Crippen molar-refractivity contribution in [1.29, 1.82) is 0 Å². The maximum atomic E-state index is 12.6. The normalized spacial score (nSPS) is 15.4. The van der Waals surface area contributed by atoms with E-state index in [4.69, 9.17) is 18.6 Å². The molecule has 0 saturated carbocycles. The molecular formula is C31H32N2O11. The molecular weight excluding hydrogens is 576 g/mol. The molecule has 3 heterocycles. The number of rotatable bonds is 15. The van der Waals surface area contributed by atoms with E-state index in [0.717, 1.165) is 39.5 Å². The van der Waals surface area contributed by atoms with Gasteiger partial charge in [-0.25, -0.2) is 4.79 Å². The van der Waals surface area contributed by atoms with Gasteiger partial charge in [0.2, 0.25) is 0 Å². The van der Waals surface area contributed by atoms with E-state index in [2.05, 4.69) is 0 Å². The molecule has 232 valence electrons. The van der Waals surface area contributed by atoms with Gasteiger partial charge in [0.25, 0.3) is 23.6 Å². The summed E-state index contributed by atoms with van der Waals surface area (Å²) in [5.41, 5.74) is -0.935. The third kappa shape index (κ3) is 8.06. The lowest BCUT2D eigenvalue weighted by atomic mass is 9.78. The predicted octanol–water partition coefficient (Wildman–Crippen LogP) is 1.92. The zero-order valence-electron chi connectivity index (χ0n) is 24.3. The molecule has 44 heavy (non-hydrogen) atoms. The maximum Gasteiger partial charge on any atom is 0.336 e. The van der Waals surface area contributed by atoms with Crippen LogP contribution in [0.4, 0.5) is 0 Å². The first-order valence-electron chi connectivity index (χ1n) is 14.0. The van der Waals surface area contributed by atoms with Crippen LogP contribution in [0, 0.1) is 11.3 Å². The first-order valence-corrected chi connectivity index (χ1v) is 14.0. The number of amides is 4. The van der Waals surface area contributed by atoms with Crippen LogP contribution in [0.2, 0.25) is 0 Å². The number of benzene rings is 1. The lowest BCUT2D eigenvalue weighted by molar-refractivity contribution is -0.161. The number of carbonyl (C=O) groups is 6. The smallest absolute Gasteiger partial charge is 0.336 e. The molecule has 1 atom stereocenters. The Hall–Kier alpha value is -5.07. The average molecular weight is 609 g/mol. The molecule has 0 radical (unpaired) electrons. The van der Waals surface area contributed by atoms with Crippen LogP contribution in [0.3, 0.4) is 0 Å². The first-order chi connectivity index (χ1) is 21.0. The van der Waals surface area contributed by atoms with Gasteiger partial charge in [-0.1, -0.05) is 13.8 Å². The second kappa shape index (κ2) is 13.9. The molecule has 13 nitrogen and oxygen atoms in total. The highest BCUT2D eigenvalue weighted by Crippen LogP contribution is 2.33. The van der Waals surface area contributed by atoms with Gasteiger partial charge in [0.1, 0.15) is 37.6 Å². The van der Waals surface area contributed by atoms with Gasteiger partial charge in [-0.3, -0.25) is 38.6 Å². The fraction of sp³-hybridized carbons (Fsp3) is 0.387. The van der Waals surface area contributed by atoms with E-state index in [0.29, 0.717) is 37.2 Å². The summed E-state index contributed by atoms with van der Waals surface area (Å²) in [5.74, 6) is -3.60. The summed E-state index contributed by atoms with van der Waals surface area (Å²) in [7, 11) is 0. The molecule has 0 saturated heterocycles. The van der Waals surface area contributed by atoms with Crippen LogP contribution in [-0.4, -0.2) is 78.3 Å². The van der Waals surface area contributed by atoms with Gasteiger partial charge in [0.05, 0.1) is 6.61 Å². The van der Waals surface area contributed by atoms with Crippen molar-refractivity contribution in [1.82, 2.24) is 9.80 Å². The Morgan fingerprint density at radius 3 is 1.86 bits per heavy atom. The molecule has 0 spiro atoms. The minimum absolute atomic E-state index is 0.0254. The molecule has 2 aliphatic rings. The molecule has 4 rings (SSSR count). The van der Waals surface area contributed by atoms with E-state index < -0.39 is 59.7 Å². The van der Waals surface area contributed by atoms with Crippen LogP contribution in [0.1, 0.15) is 33.1 Å². The Bertz CT molecular complexity index is 1490. The number of carbonyl (C=O) groups excluding carboxylic acids is 6. The number of ether oxygens (including phenoxy) is 3. The molecule has 1 unspecified atom stereocenters. The Labute approximate surface area is 252 Å². The van der Waals surface area contributed by atoms with Gasteiger partial charge < -0.3 is 18.6 Å². The van der Waals surface area contributed by atoms with Gasteiger partial charge in [0, 0.05) is 47.2 Å². The zero-order valence-corrected chi connectivity index (χ0v) is 24.3. The SMILES string of the molecule is CCC(COC(=O)CN1C(=O)C=CC1=O)(COC(=O)CN1C(=O)C=CC1=O)CC(C)CCOc1ccc2ccc(=O)oc2c1. The van der Waals surface area contributed by atoms with Crippen molar-refractivity contribution >= 4 is 46.5 Å². The van der Waals surface area contributed by atoms with Crippen molar-refractivity contribution in [2.24, 2.45) is 11.3 Å². The Balaban J connectivity index is 1.37. The van der Waals surface area contributed by atoms with Gasteiger partial charge in [0.15, 0.2) is 0 Å². The van der Waals surface area contributed by atoms with Crippen LogP contribution < -0.4 is 10.4 Å². The second-order valence-electron chi connectivity index (χ2n) is 10.8. The monoisotopic (exact) mass is 608 g/mol. The highest BCUT2D eigenvalue weighted by molar-refractivity contribution is 6.14. The Kier molecular flexibility index (Phi) is 10.1. The summed E-state index contributed by atoms with van der Waals surface area (Å²) < 4.78 is 22.0. The molecule has 0 aliphatic carbocycles. The van der Waals surface area contributed by atoms with Crippen LogP contribution in [-0.2, 0) is 38.2 Å². The van der Waals surface area contributed by atoms with E-state index in [9.17, 15) is 33.6 Å². The molecule has 0 bridgehead atoms. The third-order valence-corrected chi connectivity index (χ3v) is 7.46. The molecule has 2 aromatic rings. The van der Waals surface area contributed by atoms with Crippen LogP contribution in [0.5, 0.6) is 5.75 Å². The van der Waals surface area contributed by atoms with Crippen LogP contribution in [0.15, 0.2) is 63.8 Å². The van der Waals surface area contributed by atoms with Gasteiger partial charge in [-0.05, 0) is 43.4 Å². The third-order valence-electron chi connectivity index (χ3n) is 7.46. The highest BCUT2D eigenvalue weighted by atomic mass is 16.5. The topological polar surface area (TPSA) is 167 Å². The van der Waals surface area contributed by atoms with Gasteiger partial charge >= 0.3 is 17.6 Å². The fourth-order valence-electron chi connectivity index (χ4n) is 4.85. The van der Waals surface area contributed by atoms with Crippen molar-refractivity contribution in [3.05, 3.63) is 65.1 Å². The van der Waals surface area contributed by atoms with Crippen molar-refractivity contribution in [2.45, 2.75) is 33.1 Å². The maximum absolute atomic E-state index is 12.6. The number of nitrogens with zero attached hydrogens (tertiary/aromatic N) is 2. The largest absolute Gasteiger partial charge is 0.493 e. The molecule has 0 N–H and O–H groups in total. The summed E-state index contributed by atoms with van der Waals surface area (Å²) in [6.07, 6.45) is 5.65. The standard InChI is InChI=1S/C31H32N2O11/c1-3-31(18-42-29(39)16-32-24(34)7-8-25(32)35,19-43-30(40)17-33-26(36)9-10-27(33)37)15-20(2)12-13-41-22-6-4-21-5-11-28(38)44-23(21)14-22/h4-11,14,20H,3,12-13,15-19H2,1-2H3. The van der Waals surface area contributed by atoms with E-state index >= 15 is 0 Å².